The Hall–Kier alpha value is -2.81. The normalized spacial score (nSPS) is 10.9. The number of pyridine rings is 3. The van der Waals surface area contributed by atoms with Gasteiger partial charge in [-0.25, -0.2) is 9.97 Å². The number of hydrogen-bond acceptors (Lipinski definition) is 6. The number of hydrogen-bond donors (Lipinski definition) is 1. The second-order valence-corrected chi connectivity index (χ2v) is 7.05. The van der Waals surface area contributed by atoms with E-state index in [0.29, 0.717) is 16.2 Å². The van der Waals surface area contributed by atoms with Crippen molar-refractivity contribution in [3.8, 4) is 5.13 Å². The lowest BCUT2D eigenvalue weighted by Crippen LogP contribution is -2.24. The smallest absolute Gasteiger partial charge is 0.261 e. The van der Waals surface area contributed by atoms with Gasteiger partial charge in [-0.2, -0.15) is 0 Å². The number of aromatic nitrogens is 4. The van der Waals surface area contributed by atoms with Gasteiger partial charge in [-0.15, -0.1) is 11.3 Å². The van der Waals surface area contributed by atoms with Crippen LogP contribution in [0, 0.1) is 0 Å². The predicted molar refractivity (Wildman–Crippen MR) is 105 cm³/mol. The van der Waals surface area contributed by atoms with E-state index in [2.05, 4.69) is 20.3 Å². The molecule has 4 heterocycles. The van der Waals surface area contributed by atoms with Crippen molar-refractivity contribution >= 4 is 57.2 Å². The molecule has 0 aliphatic carbocycles. The molecule has 0 atom stereocenters. The summed E-state index contributed by atoms with van der Waals surface area (Å²) in [4.78, 5) is 38.0. The molecule has 0 fully saturated rings. The average Bonchev–Trinajstić information content (AvgIpc) is 3.20. The summed E-state index contributed by atoms with van der Waals surface area (Å²) in [6.07, 6.45) is 7.31. The van der Waals surface area contributed by atoms with E-state index in [9.17, 15) is 9.59 Å². The van der Waals surface area contributed by atoms with Gasteiger partial charge in [0.1, 0.15) is 11.2 Å². The van der Waals surface area contributed by atoms with Crippen molar-refractivity contribution in [3.05, 3.63) is 74.3 Å². The number of fused-ring (bicyclic) bond motifs is 1. The molecule has 0 saturated heterocycles. The molecule has 0 radical (unpaired) electrons. The maximum absolute atomic E-state index is 12.8. The number of nitrogens with zero attached hydrogens (tertiary/aromatic N) is 4. The number of halogens is 2. The Morgan fingerprint density at radius 3 is 2.63 bits per heavy atom. The number of carbonyl (C=O) groups is 1. The Morgan fingerprint density at radius 2 is 1.93 bits per heavy atom. The first kappa shape index (κ1) is 17.6. The maximum Gasteiger partial charge on any atom is 0.261 e. The topological polar surface area (TPSA) is 89.8 Å². The molecule has 4 rings (SSSR count). The van der Waals surface area contributed by atoms with Gasteiger partial charge in [0.15, 0.2) is 5.13 Å². The van der Waals surface area contributed by atoms with Gasteiger partial charge < -0.3 is 5.32 Å². The summed E-state index contributed by atoms with van der Waals surface area (Å²) >= 11 is 13.4. The van der Waals surface area contributed by atoms with E-state index >= 15 is 0 Å². The van der Waals surface area contributed by atoms with Crippen LogP contribution in [0.4, 0.5) is 5.69 Å². The molecule has 0 spiro atoms. The van der Waals surface area contributed by atoms with Crippen LogP contribution in [0.3, 0.4) is 0 Å². The number of rotatable bonds is 3. The van der Waals surface area contributed by atoms with Crippen LogP contribution < -0.4 is 10.7 Å². The molecule has 7 nitrogen and oxygen atoms in total. The van der Waals surface area contributed by atoms with Crippen molar-refractivity contribution in [1.82, 2.24) is 19.5 Å². The van der Waals surface area contributed by atoms with Gasteiger partial charge in [0, 0.05) is 36.4 Å². The Kier molecular flexibility index (Phi) is 4.61. The van der Waals surface area contributed by atoms with E-state index in [1.165, 1.54) is 29.9 Å². The minimum atomic E-state index is -0.647. The average molecular weight is 418 g/mol. The molecule has 134 valence electrons. The third-order valence-electron chi connectivity index (χ3n) is 3.72. The highest BCUT2D eigenvalue weighted by Crippen LogP contribution is 2.29. The van der Waals surface area contributed by atoms with Crippen LogP contribution in [-0.2, 0) is 0 Å². The molecule has 10 heteroatoms. The number of thiazole rings is 1. The van der Waals surface area contributed by atoms with Gasteiger partial charge in [0.05, 0.1) is 21.1 Å². The number of nitrogens with one attached hydrogen (secondary N) is 1. The molecular formula is C17H9Cl2N5O2S. The highest BCUT2D eigenvalue weighted by atomic mass is 35.5. The Bertz CT molecular complexity index is 1200. The summed E-state index contributed by atoms with van der Waals surface area (Å²) in [5, 5.41) is 5.58. The number of carbonyl (C=O) groups excluding carboxylic acids is 1. The van der Waals surface area contributed by atoms with Gasteiger partial charge in [-0.3, -0.25) is 19.1 Å². The second kappa shape index (κ2) is 7.07. The maximum atomic E-state index is 12.8. The summed E-state index contributed by atoms with van der Waals surface area (Å²) in [6.45, 7) is 0. The highest BCUT2D eigenvalue weighted by molar-refractivity contribution is 7.12. The molecule has 1 N–H and O–H groups in total. The van der Waals surface area contributed by atoms with Crippen molar-refractivity contribution in [2.24, 2.45) is 0 Å². The van der Waals surface area contributed by atoms with E-state index in [-0.39, 0.29) is 21.3 Å². The minimum absolute atomic E-state index is 0.0883. The van der Waals surface area contributed by atoms with Crippen LogP contribution in [-0.4, -0.2) is 25.4 Å². The molecule has 27 heavy (non-hydrogen) atoms. The van der Waals surface area contributed by atoms with Crippen molar-refractivity contribution in [2.75, 3.05) is 5.32 Å². The van der Waals surface area contributed by atoms with Crippen LogP contribution in [0.5, 0.6) is 0 Å². The number of amides is 1. The van der Waals surface area contributed by atoms with E-state index in [4.69, 9.17) is 23.2 Å². The van der Waals surface area contributed by atoms with Gasteiger partial charge in [-0.1, -0.05) is 23.2 Å². The Balaban J connectivity index is 1.88. The highest BCUT2D eigenvalue weighted by Gasteiger charge is 2.19. The van der Waals surface area contributed by atoms with Crippen LogP contribution in [0.15, 0.2) is 53.3 Å². The van der Waals surface area contributed by atoms with Crippen molar-refractivity contribution in [1.29, 1.82) is 0 Å². The molecule has 0 bridgehead atoms. The van der Waals surface area contributed by atoms with Gasteiger partial charge in [-0.05, 0) is 12.1 Å². The first-order valence-electron chi connectivity index (χ1n) is 7.57. The van der Waals surface area contributed by atoms with E-state index in [1.807, 2.05) is 0 Å². The summed E-state index contributed by atoms with van der Waals surface area (Å²) < 4.78 is 1.60. The Labute approximate surface area is 166 Å². The van der Waals surface area contributed by atoms with Crippen LogP contribution in [0.2, 0.25) is 10.0 Å². The molecule has 0 aromatic carbocycles. The third kappa shape index (κ3) is 3.18. The summed E-state index contributed by atoms with van der Waals surface area (Å²) in [7, 11) is 0. The van der Waals surface area contributed by atoms with Crippen LogP contribution in [0.25, 0.3) is 16.2 Å². The van der Waals surface area contributed by atoms with Crippen LogP contribution in [0.1, 0.15) is 10.4 Å². The molecule has 4 aromatic rings. The van der Waals surface area contributed by atoms with Crippen molar-refractivity contribution in [3.63, 3.8) is 0 Å². The van der Waals surface area contributed by atoms with Gasteiger partial charge >= 0.3 is 0 Å². The summed E-state index contributed by atoms with van der Waals surface area (Å²) in [5.74, 6) is -0.647. The minimum Gasteiger partial charge on any atom is -0.319 e. The summed E-state index contributed by atoms with van der Waals surface area (Å²) in [5.41, 5.74) is 0.0538. The zero-order valence-electron chi connectivity index (χ0n) is 13.4. The molecular weight excluding hydrogens is 409 g/mol. The zero-order valence-corrected chi connectivity index (χ0v) is 15.7. The van der Waals surface area contributed by atoms with Gasteiger partial charge in [0.2, 0.25) is 5.43 Å². The molecule has 0 unspecified atom stereocenters. The summed E-state index contributed by atoms with van der Waals surface area (Å²) in [6, 6.07) is 3.24. The quantitative estimate of drug-likeness (QED) is 0.547. The van der Waals surface area contributed by atoms with Gasteiger partial charge in [0.25, 0.3) is 5.91 Å². The lowest BCUT2D eigenvalue weighted by molar-refractivity contribution is 0.102. The van der Waals surface area contributed by atoms with Crippen molar-refractivity contribution < 1.29 is 4.79 Å². The monoisotopic (exact) mass is 417 g/mol. The molecule has 0 aliphatic heterocycles. The fourth-order valence-electron chi connectivity index (χ4n) is 2.51. The first-order valence-corrected chi connectivity index (χ1v) is 9.20. The molecule has 0 saturated carbocycles. The predicted octanol–water partition coefficient (Wildman–Crippen LogP) is 3.80. The molecule has 1 amide bonds. The molecule has 0 aliphatic rings. The number of anilines is 1. The zero-order chi connectivity index (χ0) is 19.0. The second-order valence-electron chi connectivity index (χ2n) is 5.36. The SMILES string of the molecule is O=C(Nc1c(Cl)cncc1Cl)c1cn(-c2nccs2)c2ncccc2c1=O. The van der Waals surface area contributed by atoms with Crippen molar-refractivity contribution in [2.45, 2.75) is 0 Å². The molecule has 4 aromatic heterocycles. The Morgan fingerprint density at radius 1 is 1.15 bits per heavy atom. The fourth-order valence-corrected chi connectivity index (χ4v) is 3.59. The lowest BCUT2D eigenvalue weighted by atomic mass is 10.2. The third-order valence-corrected chi connectivity index (χ3v) is 5.07. The van der Waals surface area contributed by atoms with Crippen LogP contribution >= 0.6 is 34.5 Å². The first-order chi connectivity index (χ1) is 13.1. The van der Waals surface area contributed by atoms with E-state index in [1.54, 1.807) is 34.5 Å². The van der Waals surface area contributed by atoms with E-state index in [0.717, 1.165) is 0 Å². The fraction of sp³-hybridized carbons (Fsp3) is 0. The lowest BCUT2D eigenvalue weighted by Gasteiger charge is -2.11. The van der Waals surface area contributed by atoms with E-state index < -0.39 is 11.3 Å². The largest absolute Gasteiger partial charge is 0.319 e. The standard InChI is InChI=1S/C17H9Cl2N5O2S/c18-11-6-20-7-12(19)13(11)23-16(26)10-8-24(17-22-4-5-27-17)15-9(14(10)25)2-1-3-21-15/h1-8H,(H,20,23,26).